The van der Waals surface area contributed by atoms with Gasteiger partial charge in [0.25, 0.3) is 0 Å². The minimum absolute atomic E-state index is 0.202. The number of aryl methyl sites for hydroxylation is 2. The molecule has 2 aromatic carbocycles. The molecule has 162 valence electrons. The van der Waals surface area contributed by atoms with Crippen molar-refractivity contribution in [2.75, 3.05) is 0 Å². The van der Waals surface area contributed by atoms with E-state index in [-0.39, 0.29) is 11.2 Å². The Labute approximate surface area is 187 Å². The Kier molecular flexibility index (Phi) is 7.06. The maximum absolute atomic E-state index is 12.3. The van der Waals surface area contributed by atoms with Gasteiger partial charge in [-0.2, -0.15) is 4.98 Å². The quantitative estimate of drug-likeness (QED) is 0.518. The molecule has 0 spiro atoms. The first-order valence-corrected chi connectivity index (χ1v) is 10.9. The van der Waals surface area contributed by atoms with Crippen LogP contribution in [-0.4, -0.2) is 20.7 Å². The highest BCUT2D eigenvalue weighted by Gasteiger charge is 2.20. The van der Waals surface area contributed by atoms with E-state index in [4.69, 9.17) is 11.6 Å². The second kappa shape index (κ2) is 9.56. The molecule has 0 radical (unpaired) electrons. The van der Waals surface area contributed by atoms with Gasteiger partial charge in [-0.3, -0.25) is 9.78 Å². The summed E-state index contributed by atoms with van der Waals surface area (Å²) in [5.74, 6) is 0.918. The summed E-state index contributed by atoms with van der Waals surface area (Å²) in [6, 6.07) is 13.5. The Morgan fingerprint density at radius 2 is 1.68 bits per heavy atom. The summed E-state index contributed by atoms with van der Waals surface area (Å²) in [7, 11) is 0. The van der Waals surface area contributed by atoms with Gasteiger partial charge < -0.3 is 0 Å². The van der Waals surface area contributed by atoms with Crippen molar-refractivity contribution in [1.29, 1.82) is 0 Å². The number of nitrogens with zero attached hydrogens (tertiary/aromatic N) is 2. The SMILES string of the molecule is CCCc1ccc(-c2nc(-c3cc(CCC(=O)C(C)(C)C)ccc3Cl)[nH]c(=O)n2)cc1. The van der Waals surface area contributed by atoms with Crippen LogP contribution in [0.2, 0.25) is 5.02 Å². The third-order valence-corrected chi connectivity index (χ3v) is 5.49. The maximum atomic E-state index is 12.3. The number of benzene rings is 2. The standard InChI is InChI=1S/C25H28ClN3O2/c1-5-6-16-7-11-18(12-8-16)22-27-23(29-24(31)28-22)19-15-17(9-13-20(19)26)10-14-21(30)25(2,3)4/h7-9,11-13,15H,5-6,10,14H2,1-4H3,(H,27,28,29,31). The summed E-state index contributed by atoms with van der Waals surface area (Å²) in [5.41, 5.74) is 2.73. The lowest BCUT2D eigenvalue weighted by molar-refractivity contribution is -0.126. The van der Waals surface area contributed by atoms with Crippen LogP contribution in [0, 0.1) is 5.41 Å². The topological polar surface area (TPSA) is 75.7 Å². The molecule has 0 aliphatic rings. The van der Waals surface area contributed by atoms with Gasteiger partial charge in [-0.05, 0) is 36.1 Å². The van der Waals surface area contributed by atoms with Crippen molar-refractivity contribution in [3.63, 3.8) is 0 Å². The van der Waals surface area contributed by atoms with E-state index in [0.717, 1.165) is 24.0 Å². The Morgan fingerprint density at radius 3 is 2.32 bits per heavy atom. The molecule has 0 amide bonds. The van der Waals surface area contributed by atoms with Crippen molar-refractivity contribution < 1.29 is 4.79 Å². The van der Waals surface area contributed by atoms with Gasteiger partial charge in [0.2, 0.25) is 0 Å². The summed E-state index contributed by atoms with van der Waals surface area (Å²) in [6.07, 6.45) is 3.12. The zero-order valence-electron chi connectivity index (χ0n) is 18.5. The van der Waals surface area contributed by atoms with Gasteiger partial charge in [0.05, 0.1) is 5.02 Å². The predicted octanol–water partition coefficient (Wildman–Crippen LogP) is 5.65. The third kappa shape index (κ3) is 5.88. The van der Waals surface area contributed by atoms with Gasteiger partial charge in [-0.15, -0.1) is 0 Å². The van der Waals surface area contributed by atoms with Crippen molar-refractivity contribution in [1.82, 2.24) is 15.0 Å². The fourth-order valence-electron chi connectivity index (χ4n) is 3.29. The molecule has 0 fully saturated rings. The number of hydrogen-bond donors (Lipinski definition) is 1. The summed E-state index contributed by atoms with van der Waals surface area (Å²) in [5, 5.41) is 0.476. The molecule has 0 saturated heterocycles. The van der Waals surface area contributed by atoms with Crippen LogP contribution in [0.4, 0.5) is 0 Å². The lowest BCUT2D eigenvalue weighted by atomic mass is 9.87. The van der Waals surface area contributed by atoms with Gasteiger partial charge in [0.15, 0.2) is 5.82 Å². The smallest absolute Gasteiger partial charge is 0.299 e. The number of aromatic amines is 1. The number of nitrogens with one attached hydrogen (secondary N) is 1. The van der Waals surface area contributed by atoms with Crippen LogP contribution in [0.25, 0.3) is 22.8 Å². The lowest BCUT2D eigenvalue weighted by Crippen LogP contribution is -2.20. The number of H-pyrrole nitrogens is 1. The third-order valence-electron chi connectivity index (χ3n) is 5.16. The number of Topliss-reactive ketones (excluding diaryl/α,β-unsaturated/α-hetero) is 1. The molecule has 0 bridgehead atoms. The molecule has 0 aliphatic carbocycles. The van der Waals surface area contributed by atoms with Crippen LogP contribution in [0.15, 0.2) is 47.3 Å². The monoisotopic (exact) mass is 437 g/mol. The van der Waals surface area contributed by atoms with E-state index in [1.165, 1.54) is 5.56 Å². The fourth-order valence-corrected chi connectivity index (χ4v) is 3.50. The van der Waals surface area contributed by atoms with Gasteiger partial charge >= 0.3 is 5.69 Å². The summed E-state index contributed by atoms with van der Waals surface area (Å²) in [6.45, 7) is 7.90. The number of rotatable bonds is 7. The molecule has 0 atom stereocenters. The highest BCUT2D eigenvalue weighted by molar-refractivity contribution is 6.33. The molecule has 3 rings (SSSR count). The van der Waals surface area contributed by atoms with E-state index >= 15 is 0 Å². The van der Waals surface area contributed by atoms with E-state index in [9.17, 15) is 9.59 Å². The van der Waals surface area contributed by atoms with Crippen molar-refractivity contribution in [2.45, 2.75) is 53.4 Å². The van der Waals surface area contributed by atoms with E-state index in [2.05, 4.69) is 21.9 Å². The predicted molar refractivity (Wildman–Crippen MR) is 125 cm³/mol. The first kappa shape index (κ1) is 22.9. The Hall–Kier alpha value is -2.79. The Balaban J connectivity index is 1.92. The van der Waals surface area contributed by atoms with Crippen molar-refractivity contribution in [2.24, 2.45) is 5.41 Å². The van der Waals surface area contributed by atoms with Gasteiger partial charge in [-0.1, -0.05) is 76.0 Å². The second-order valence-corrected chi connectivity index (χ2v) is 9.17. The minimum Gasteiger partial charge on any atom is -0.299 e. The molecule has 0 saturated carbocycles. The molecule has 1 heterocycles. The molecule has 31 heavy (non-hydrogen) atoms. The number of ketones is 1. The van der Waals surface area contributed by atoms with Gasteiger partial charge in [0, 0.05) is 23.0 Å². The molecule has 5 nitrogen and oxygen atoms in total. The van der Waals surface area contributed by atoms with Crippen LogP contribution >= 0.6 is 11.6 Å². The zero-order valence-corrected chi connectivity index (χ0v) is 19.2. The fraction of sp³-hybridized carbons (Fsp3) is 0.360. The molecule has 3 aromatic rings. The molecular formula is C25H28ClN3O2. The average molecular weight is 438 g/mol. The van der Waals surface area contributed by atoms with Crippen LogP contribution < -0.4 is 5.69 Å². The molecule has 1 N–H and O–H groups in total. The van der Waals surface area contributed by atoms with E-state index in [1.807, 2.05) is 57.2 Å². The number of hydrogen-bond acceptors (Lipinski definition) is 4. The lowest BCUT2D eigenvalue weighted by Gasteiger charge is -2.16. The second-order valence-electron chi connectivity index (χ2n) is 8.76. The Bertz CT molecular complexity index is 1130. The van der Waals surface area contributed by atoms with Crippen molar-refractivity contribution in [3.8, 4) is 22.8 Å². The number of carbonyl (C=O) groups excluding carboxylic acids is 1. The summed E-state index contributed by atoms with van der Waals surface area (Å²) in [4.78, 5) is 35.8. The van der Waals surface area contributed by atoms with E-state index < -0.39 is 5.69 Å². The highest BCUT2D eigenvalue weighted by Crippen LogP contribution is 2.28. The number of halogens is 1. The van der Waals surface area contributed by atoms with E-state index in [1.54, 1.807) is 6.07 Å². The Morgan fingerprint density at radius 1 is 1.00 bits per heavy atom. The molecular weight excluding hydrogens is 410 g/mol. The largest absolute Gasteiger partial charge is 0.348 e. The average Bonchev–Trinajstić information content (AvgIpc) is 2.72. The first-order valence-electron chi connectivity index (χ1n) is 10.6. The zero-order chi connectivity index (χ0) is 22.6. The van der Waals surface area contributed by atoms with Crippen molar-refractivity contribution in [3.05, 3.63) is 69.1 Å². The van der Waals surface area contributed by atoms with Crippen LogP contribution in [0.3, 0.4) is 0 Å². The molecule has 0 aliphatic heterocycles. The van der Waals surface area contributed by atoms with E-state index in [0.29, 0.717) is 35.1 Å². The summed E-state index contributed by atoms with van der Waals surface area (Å²) < 4.78 is 0. The van der Waals surface area contributed by atoms with Gasteiger partial charge in [0.1, 0.15) is 11.6 Å². The summed E-state index contributed by atoms with van der Waals surface area (Å²) >= 11 is 6.42. The van der Waals surface area contributed by atoms with Crippen LogP contribution in [0.5, 0.6) is 0 Å². The highest BCUT2D eigenvalue weighted by atomic mass is 35.5. The van der Waals surface area contributed by atoms with Crippen molar-refractivity contribution >= 4 is 17.4 Å². The molecule has 1 aromatic heterocycles. The minimum atomic E-state index is -0.484. The molecule has 0 unspecified atom stereocenters. The normalized spacial score (nSPS) is 11.5. The first-order chi connectivity index (χ1) is 14.7. The van der Waals surface area contributed by atoms with Gasteiger partial charge in [-0.25, -0.2) is 9.78 Å². The van der Waals surface area contributed by atoms with Crippen LogP contribution in [-0.2, 0) is 17.6 Å². The maximum Gasteiger partial charge on any atom is 0.348 e. The number of aromatic nitrogens is 3. The number of carbonyl (C=O) groups is 1. The van der Waals surface area contributed by atoms with Crippen LogP contribution in [0.1, 0.15) is 51.7 Å². The molecule has 6 heteroatoms.